The first kappa shape index (κ1) is 8.88. The van der Waals surface area contributed by atoms with E-state index in [-0.39, 0.29) is 6.61 Å². The molecule has 0 aromatic heterocycles. The van der Waals surface area contributed by atoms with Crippen LogP contribution in [-0.2, 0) is 4.74 Å². The molecule has 1 heterocycles. The first-order chi connectivity index (χ1) is 4.31. The van der Waals surface area contributed by atoms with E-state index in [2.05, 4.69) is 4.74 Å². The van der Waals surface area contributed by atoms with Crippen LogP contribution < -0.4 is 0 Å². The molecule has 0 aromatic rings. The van der Waals surface area contributed by atoms with Gasteiger partial charge in [-0.1, -0.05) is 6.92 Å². The molecule has 3 heteroatoms. The number of aliphatic hydroxyl groups is 2. The molecule has 1 aliphatic heterocycles. The standard InChI is InChI=1S/C4H10O2.C2H4O/c1-2-4(6)3-5;1-2-3-1/h4-6H,2-3H2,1H3;1-2H2. The van der Waals surface area contributed by atoms with Gasteiger partial charge in [0.05, 0.1) is 25.9 Å². The Bertz CT molecular complexity index is 47.5. The summed E-state index contributed by atoms with van der Waals surface area (Å²) in [4.78, 5) is 0. The fraction of sp³-hybridized carbons (Fsp3) is 1.00. The SMILES string of the molecule is C1CO1.CCC(O)CO. The topological polar surface area (TPSA) is 53.0 Å². The summed E-state index contributed by atoms with van der Waals surface area (Å²) in [5, 5.41) is 16.5. The third kappa shape index (κ3) is 11.4. The quantitative estimate of drug-likeness (QED) is 0.513. The molecule has 2 N–H and O–H groups in total. The van der Waals surface area contributed by atoms with Gasteiger partial charge in [-0.15, -0.1) is 0 Å². The van der Waals surface area contributed by atoms with Gasteiger partial charge < -0.3 is 14.9 Å². The van der Waals surface area contributed by atoms with Crippen LogP contribution in [0.1, 0.15) is 13.3 Å². The zero-order chi connectivity index (χ0) is 7.11. The van der Waals surface area contributed by atoms with E-state index in [4.69, 9.17) is 10.2 Å². The monoisotopic (exact) mass is 134 g/mol. The molecule has 0 radical (unpaired) electrons. The number of aliphatic hydroxyl groups excluding tert-OH is 2. The van der Waals surface area contributed by atoms with Gasteiger partial charge in [-0.3, -0.25) is 0 Å². The van der Waals surface area contributed by atoms with Crippen LogP contribution >= 0.6 is 0 Å². The lowest BCUT2D eigenvalue weighted by Crippen LogP contribution is -2.08. The second-order valence-corrected chi connectivity index (χ2v) is 1.86. The van der Waals surface area contributed by atoms with Crippen molar-refractivity contribution in [1.82, 2.24) is 0 Å². The Labute approximate surface area is 55.3 Å². The van der Waals surface area contributed by atoms with Crippen molar-refractivity contribution in [2.24, 2.45) is 0 Å². The van der Waals surface area contributed by atoms with E-state index >= 15 is 0 Å². The third-order valence-electron chi connectivity index (χ3n) is 0.886. The first-order valence-corrected chi connectivity index (χ1v) is 3.18. The molecule has 0 spiro atoms. The van der Waals surface area contributed by atoms with Crippen molar-refractivity contribution in [3.8, 4) is 0 Å². The number of rotatable bonds is 2. The normalized spacial score (nSPS) is 17.7. The molecule has 1 fully saturated rings. The second-order valence-electron chi connectivity index (χ2n) is 1.86. The summed E-state index contributed by atoms with van der Waals surface area (Å²) < 4.78 is 4.50. The van der Waals surface area contributed by atoms with Crippen LogP contribution in [0.4, 0.5) is 0 Å². The van der Waals surface area contributed by atoms with Crippen molar-refractivity contribution in [3.05, 3.63) is 0 Å². The van der Waals surface area contributed by atoms with Gasteiger partial charge in [0.2, 0.25) is 0 Å². The van der Waals surface area contributed by atoms with Gasteiger partial charge in [0.25, 0.3) is 0 Å². The van der Waals surface area contributed by atoms with Crippen molar-refractivity contribution in [3.63, 3.8) is 0 Å². The lowest BCUT2D eigenvalue weighted by Gasteiger charge is -1.97. The highest BCUT2D eigenvalue weighted by atomic mass is 16.6. The molecule has 0 aliphatic carbocycles. The average Bonchev–Trinajstić information content (AvgIpc) is 2.70. The molecule has 3 nitrogen and oxygen atoms in total. The highest BCUT2D eigenvalue weighted by Gasteiger charge is 1.94. The average molecular weight is 134 g/mol. The molecule has 9 heavy (non-hydrogen) atoms. The van der Waals surface area contributed by atoms with E-state index in [1.807, 2.05) is 6.92 Å². The van der Waals surface area contributed by atoms with Crippen LogP contribution in [0, 0.1) is 0 Å². The summed E-state index contributed by atoms with van der Waals surface area (Å²) in [5.41, 5.74) is 0. The highest BCUT2D eigenvalue weighted by molar-refractivity contribution is 4.43. The van der Waals surface area contributed by atoms with Crippen LogP contribution in [0.5, 0.6) is 0 Å². The Balaban J connectivity index is 0.000000173. The largest absolute Gasteiger partial charge is 0.394 e. The van der Waals surface area contributed by atoms with E-state index in [1.165, 1.54) is 0 Å². The maximum Gasteiger partial charge on any atom is 0.0768 e. The zero-order valence-electron chi connectivity index (χ0n) is 5.71. The fourth-order valence-electron chi connectivity index (χ4n) is 0.129. The van der Waals surface area contributed by atoms with Crippen molar-refractivity contribution in [2.45, 2.75) is 19.4 Å². The first-order valence-electron chi connectivity index (χ1n) is 3.18. The predicted molar refractivity (Wildman–Crippen MR) is 34.2 cm³/mol. The minimum absolute atomic E-state index is 0.115. The summed E-state index contributed by atoms with van der Waals surface area (Å²) in [6.07, 6.45) is 0.126. The minimum Gasteiger partial charge on any atom is -0.394 e. The molecule has 1 atom stereocenters. The van der Waals surface area contributed by atoms with E-state index in [9.17, 15) is 0 Å². The summed E-state index contributed by atoms with van der Waals surface area (Å²) >= 11 is 0. The van der Waals surface area contributed by atoms with Crippen molar-refractivity contribution >= 4 is 0 Å². The van der Waals surface area contributed by atoms with Gasteiger partial charge in [-0.05, 0) is 6.42 Å². The Morgan fingerprint density at radius 1 is 1.56 bits per heavy atom. The van der Waals surface area contributed by atoms with E-state index in [0.717, 1.165) is 13.2 Å². The van der Waals surface area contributed by atoms with Crippen LogP contribution in [0.2, 0.25) is 0 Å². The summed E-state index contributed by atoms with van der Waals surface area (Å²) in [6, 6.07) is 0. The van der Waals surface area contributed by atoms with E-state index in [0.29, 0.717) is 6.42 Å². The molecule has 0 amide bonds. The van der Waals surface area contributed by atoms with Crippen LogP contribution in [0.3, 0.4) is 0 Å². The van der Waals surface area contributed by atoms with Crippen LogP contribution in [0.15, 0.2) is 0 Å². The molecule has 0 aromatic carbocycles. The second kappa shape index (κ2) is 6.01. The third-order valence-corrected chi connectivity index (χ3v) is 0.886. The summed E-state index contributed by atoms with van der Waals surface area (Å²) in [5.74, 6) is 0. The van der Waals surface area contributed by atoms with Crippen molar-refractivity contribution < 1.29 is 14.9 Å². The van der Waals surface area contributed by atoms with Gasteiger partial charge in [-0.2, -0.15) is 0 Å². The molecule has 0 bridgehead atoms. The molecule has 1 aliphatic rings. The Hall–Kier alpha value is -0.120. The Morgan fingerprint density at radius 3 is 2.00 bits per heavy atom. The molecule has 1 saturated heterocycles. The van der Waals surface area contributed by atoms with Gasteiger partial charge in [0, 0.05) is 0 Å². The van der Waals surface area contributed by atoms with Crippen molar-refractivity contribution in [2.75, 3.05) is 19.8 Å². The fourth-order valence-corrected chi connectivity index (χ4v) is 0.129. The molecule has 1 unspecified atom stereocenters. The van der Waals surface area contributed by atoms with E-state index < -0.39 is 6.10 Å². The van der Waals surface area contributed by atoms with Crippen LogP contribution in [0.25, 0.3) is 0 Å². The molecule has 0 saturated carbocycles. The lowest BCUT2D eigenvalue weighted by atomic mass is 10.3. The van der Waals surface area contributed by atoms with Crippen molar-refractivity contribution in [1.29, 1.82) is 0 Å². The van der Waals surface area contributed by atoms with E-state index in [1.54, 1.807) is 0 Å². The van der Waals surface area contributed by atoms with Gasteiger partial charge in [0.1, 0.15) is 0 Å². The van der Waals surface area contributed by atoms with Gasteiger partial charge in [0.15, 0.2) is 0 Å². The number of ether oxygens (including phenoxy) is 1. The number of hydrogen-bond donors (Lipinski definition) is 2. The van der Waals surface area contributed by atoms with Gasteiger partial charge >= 0.3 is 0 Å². The maximum atomic E-state index is 8.42. The lowest BCUT2D eigenvalue weighted by molar-refractivity contribution is 0.0923. The van der Waals surface area contributed by atoms with Crippen LogP contribution in [-0.4, -0.2) is 36.1 Å². The maximum absolute atomic E-state index is 8.42. The predicted octanol–water partition coefficient (Wildman–Crippen LogP) is -0.234. The highest BCUT2D eigenvalue weighted by Crippen LogP contribution is 1.84. The zero-order valence-corrected chi connectivity index (χ0v) is 5.71. The molecule has 56 valence electrons. The summed E-state index contributed by atoms with van der Waals surface area (Å²) in [7, 11) is 0. The smallest absolute Gasteiger partial charge is 0.0768 e. The molecule has 1 rings (SSSR count). The Kier molecular flexibility index (Phi) is 5.93. The minimum atomic E-state index is -0.509. The molecular weight excluding hydrogens is 120 g/mol. The van der Waals surface area contributed by atoms with Gasteiger partial charge in [-0.25, -0.2) is 0 Å². The molecular formula is C6H14O3. The Morgan fingerprint density at radius 2 is 2.00 bits per heavy atom. The number of epoxide rings is 1. The number of hydrogen-bond acceptors (Lipinski definition) is 3. The summed E-state index contributed by atoms with van der Waals surface area (Å²) in [6.45, 7) is 3.71.